The first-order valence-corrected chi connectivity index (χ1v) is 14.5. The van der Waals surface area contributed by atoms with Crippen LogP contribution >= 0.6 is 0 Å². The molecular weight excluding hydrogens is 460 g/mol. The molecule has 5 fully saturated rings. The van der Waals surface area contributed by atoms with E-state index in [9.17, 15) is 19.2 Å². The summed E-state index contributed by atoms with van der Waals surface area (Å²) in [5, 5.41) is 0. The Morgan fingerprint density at radius 1 is 0.583 bits per heavy atom. The third kappa shape index (κ3) is 5.54. The summed E-state index contributed by atoms with van der Waals surface area (Å²) in [6, 6.07) is -0.892. The van der Waals surface area contributed by atoms with Gasteiger partial charge >= 0.3 is 0 Å². The van der Waals surface area contributed by atoms with Crippen molar-refractivity contribution in [1.82, 2.24) is 9.80 Å². The monoisotopic (exact) mass is 502 g/mol. The number of ether oxygens (including phenoxy) is 2. The zero-order valence-corrected chi connectivity index (χ0v) is 21.5. The molecule has 5 rings (SSSR count). The molecule has 2 heterocycles. The Labute approximate surface area is 214 Å². The predicted molar refractivity (Wildman–Crippen MR) is 132 cm³/mol. The Kier molecular flexibility index (Phi) is 8.41. The highest BCUT2D eigenvalue weighted by molar-refractivity contribution is 6.06. The Balaban J connectivity index is 1.22. The molecule has 0 aromatic heterocycles. The van der Waals surface area contributed by atoms with Crippen LogP contribution < -0.4 is 0 Å². The van der Waals surface area contributed by atoms with Crippen molar-refractivity contribution in [1.29, 1.82) is 0 Å². The molecule has 0 spiro atoms. The van der Waals surface area contributed by atoms with Crippen LogP contribution in [0.5, 0.6) is 0 Å². The van der Waals surface area contributed by atoms with Gasteiger partial charge < -0.3 is 9.47 Å². The van der Waals surface area contributed by atoms with Gasteiger partial charge in [-0.3, -0.25) is 29.0 Å². The number of imide groups is 2. The van der Waals surface area contributed by atoms with Crippen LogP contribution in [0.25, 0.3) is 0 Å². The summed E-state index contributed by atoms with van der Waals surface area (Å²) in [6.07, 6.45) is 14.1. The molecule has 0 aromatic rings. The van der Waals surface area contributed by atoms with Crippen molar-refractivity contribution >= 4 is 23.6 Å². The lowest BCUT2D eigenvalue weighted by molar-refractivity contribution is -0.154. The minimum Gasteiger partial charge on any atom is -0.377 e. The van der Waals surface area contributed by atoms with Crippen molar-refractivity contribution < 1.29 is 28.7 Å². The molecule has 3 saturated carbocycles. The number of carbonyl (C=O) groups excluding carboxylic acids is 4. The Morgan fingerprint density at radius 2 is 1.14 bits per heavy atom. The second kappa shape index (κ2) is 11.7. The minimum atomic E-state index is -0.733. The van der Waals surface area contributed by atoms with E-state index >= 15 is 0 Å². The lowest BCUT2D eigenvalue weighted by Gasteiger charge is -2.40. The van der Waals surface area contributed by atoms with Gasteiger partial charge in [0.05, 0.1) is 43.7 Å². The first-order valence-electron chi connectivity index (χ1n) is 14.5. The summed E-state index contributed by atoms with van der Waals surface area (Å²) in [5.74, 6) is -0.912. The Bertz CT molecular complexity index is 766. The summed E-state index contributed by atoms with van der Waals surface area (Å²) in [4.78, 5) is 55.5. The molecule has 4 unspecified atom stereocenters. The quantitative estimate of drug-likeness (QED) is 0.470. The summed E-state index contributed by atoms with van der Waals surface area (Å²) in [5.41, 5.74) is 0. The molecule has 4 amide bonds. The zero-order chi connectivity index (χ0) is 25.1. The topological polar surface area (TPSA) is 93.2 Å². The van der Waals surface area contributed by atoms with Crippen LogP contribution in [-0.4, -0.2) is 70.9 Å². The fourth-order valence-electron chi connectivity index (χ4n) is 7.08. The lowest BCUT2D eigenvalue weighted by Crippen LogP contribution is -2.57. The molecule has 0 bridgehead atoms. The van der Waals surface area contributed by atoms with Crippen molar-refractivity contribution in [2.24, 2.45) is 11.8 Å². The fourth-order valence-corrected chi connectivity index (χ4v) is 7.08. The van der Waals surface area contributed by atoms with Crippen LogP contribution in [0, 0.1) is 11.8 Å². The van der Waals surface area contributed by atoms with Crippen LogP contribution in [0.4, 0.5) is 0 Å². The SMILES string of the molecule is O=C1CC(COC2CCCCC2)C(=O)N1C1CCCCC1N1C(=O)CC(OCC2CCCCC2)C1=O. The Hall–Kier alpha value is -1.80. The zero-order valence-electron chi connectivity index (χ0n) is 21.5. The molecule has 200 valence electrons. The molecule has 5 aliphatic rings. The van der Waals surface area contributed by atoms with Gasteiger partial charge in [-0.15, -0.1) is 0 Å². The van der Waals surface area contributed by atoms with Gasteiger partial charge in [-0.2, -0.15) is 0 Å². The molecule has 0 aromatic carbocycles. The lowest BCUT2D eigenvalue weighted by atomic mass is 9.88. The van der Waals surface area contributed by atoms with E-state index in [0.717, 1.165) is 51.4 Å². The number of carbonyl (C=O) groups is 4. The summed E-state index contributed by atoms with van der Waals surface area (Å²) in [7, 11) is 0. The van der Waals surface area contributed by atoms with E-state index in [1.165, 1.54) is 35.5 Å². The van der Waals surface area contributed by atoms with Crippen LogP contribution in [0.1, 0.15) is 103 Å². The molecule has 4 atom stereocenters. The van der Waals surface area contributed by atoms with Crippen molar-refractivity contribution in [3.05, 3.63) is 0 Å². The van der Waals surface area contributed by atoms with Gasteiger partial charge in [0.1, 0.15) is 6.10 Å². The standard InChI is InChI=1S/C28H42N2O6/c31-25-15-20(18-35-21-11-5-2-6-12-21)27(33)29(25)22-13-7-8-14-23(22)30-26(32)16-24(28(30)34)36-17-19-9-3-1-4-10-19/h19-24H,1-18H2. The summed E-state index contributed by atoms with van der Waals surface area (Å²) >= 11 is 0. The number of hydrogen-bond acceptors (Lipinski definition) is 6. The van der Waals surface area contributed by atoms with Crippen molar-refractivity contribution in [3.63, 3.8) is 0 Å². The van der Waals surface area contributed by atoms with E-state index in [1.807, 2.05) is 0 Å². The molecule has 3 aliphatic carbocycles. The van der Waals surface area contributed by atoms with Crippen LogP contribution in [-0.2, 0) is 28.7 Å². The maximum atomic E-state index is 13.4. The fraction of sp³-hybridized carbons (Fsp3) is 0.857. The van der Waals surface area contributed by atoms with E-state index in [-0.39, 0.29) is 49.2 Å². The van der Waals surface area contributed by atoms with Gasteiger partial charge in [0.25, 0.3) is 5.91 Å². The van der Waals surface area contributed by atoms with E-state index < -0.39 is 24.1 Å². The smallest absolute Gasteiger partial charge is 0.259 e. The highest BCUT2D eigenvalue weighted by Gasteiger charge is 2.51. The van der Waals surface area contributed by atoms with E-state index in [4.69, 9.17) is 9.47 Å². The van der Waals surface area contributed by atoms with Crippen molar-refractivity contribution in [3.8, 4) is 0 Å². The molecule has 8 heteroatoms. The number of hydrogen-bond donors (Lipinski definition) is 0. The maximum absolute atomic E-state index is 13.4. The number of rotatable bonds is 8. The molecule has 8 nitrogen and oxygen atoms in total. The van der Waals surface area contributed by atoms with Crippen LogP contribution in [0.2, 0.25) is 0 Å². The van der Waals surface area contributed by atoms with E-state index in [2.05, 4.69) is 0 Å². The normalized spacial score (nSPS) is 33.2. The molecular formula is C28H42N2O6. The number of nitrogens with zero attached hydrogens (tertiary/aromatic N) is 2. The van der Waals surface area contributed by atoms with E-state index in [1.54, 1.807) is 0 Å². The van der Waals surface area contributed by atoms with Crippen LogP contribution in [0.3, 0.4) is 0 Å². The average Bonchev–Trinajstić information content (AvgIpc) is 3.35. The highest BCUT2D eigenvalue weighted by Crippen LogP contribution is 2.36. The number of amides is 4. The Morgan fingerprint density at radius 3 is 1.81 bits per heavy atom. The first kappa shape index (κ1) is 25.8. The van der Waals surface area contributed by atoms with Gasteiger partial charge in [0, 0.05) is 6.42 Å². The molecule has 2 saturated heterocycles. The molecule has 0 radical (unpaired) electrons. The molecule has 2 aliphatic heterocycles. The summed E-state index contributed by atoms with van der Waals surface area (Å²) in [6.45, 7) is 0.805. The minimum absolute atomic E-state index is 0.0640. The van der Waals surface area contributed by atoms with Gasteiger partial charge in [-0.25, -0.2) is 0 Å². The van der Waals surface area contributed by atoms with Gasteiger partial charge in [0.15, 0.2) is 0 Å². The third-order valence-electron chi connectivity index (χ3n) is 9.12. The molecule has 0 N–H and O–H groups in total. The largest absolute Gasteiger partial charge is 0.377 e. The summed E-state index contributed by atoms with van der Waals surface area (Å²) < 4.78 is 12.0. The van der Waals surface area contributed by atoms with Gasteiger partial charge in [-0.05, 0) is 44.4 Å². The molecule has 36 heavy (non-hydrogen) atoms. The second-order valence-electron chi connectivity index (χ2n) is 11.6. The van der Waals surface area contributed by atoms with Gasteiger partial charge in [-0.1, -0.05) is 51.4 Å². The predicted octanol–water partition coefficient (Wildman–Crippen LogP) is 3.75. The van der Waals surface area contributed by atoms with Gasteiger partial charge in [0.2, 0.25) is 17.7 Å². The van der Waals surface area contributed by atoms with Crippen molar-refractivity contribution in [2.75, 3.05) is 13.2 Å². The van der Waals surface area contributed by atoms with Crippen LogP contribution in [0.15, 0.2) is 0 Å². The highest BCUT2D eigenvalue weighted by atomic mass is 16.5. The first-order chi connectivity index (χ1) is 17.5. The third-order valence-corrected chi connectivity index (χ3v) is 9.12. The number of likely N-dealkylation sites (tertiary alicyclic amines) is 2. The maximum Gasteiger partial charge on any atom is 0.259 e. The average molecular weight is 503 g/mol. The van der Waals surface area contributed by atoms with Crippen molar-refractivity contribution in [2.45, 2.75) is 127 Å². The second-order valence-corrected chi connectivity index (χ2v) is 11.6. The van der Waals surface area contributed by atoms with E-state index in [0.29, 0.717) is 25.4 Å².